The lowest BCUT2D eigenvalue weighted by Gasteiger charge is -2.12. The molecule has 0 amide bonds. The molecule has 1 N–H and O–H groups in total. The van der Waals surface area contributed by atoms with E-state index in [2.05, 4.69) is 20.4 Å². The van der Waals surface area contributed by atoms with E-state index in [9.17, 15) is 13.2 Å². The monoisotopic (exact) mass is 299 g/mol. The number of hydrogen-bond acceptors (Lipinski definition) is 4. The van der Waals surface area contributed by atoms with Gasteiger partial charge in [0.1, 0.15) is 12.1 Å². The molecular formula is C13H16F3N5. The topological polar surface area (TPSA) is 55.6 Å². The molecule has 0 fully saturated rings. The van der Waals surface area contributed by atoms with E-state index in [1.807, 2.05) is 13.8 Å². The summed E-state index contributed by atoms with van der Waals surface area (Å²) in [5.74, 6) is 0.995. The first-order valence-corrected chi connectivity index (χ1v) is 6.67. The number of alkyl halides is 3. The number of halogens is 3. The van der Waals surface area contributed by atoms with Gasteiger partial charge in [-0.3, -0.25) is 0 Å². The maximum absolute atomic E-state index is 12.6. The van der Waals surface area contributed by atoms with Crippen LogP contribution < -0.4 is 5.32 Å². The molecule has 0 unspecified atom stereocenters. The lowest BCUT2D eigenvalue weighted by atomic mass is 10.2. The summed E-state index contributed by atoms with van der Waals surface area (Å²) in [5.41, 5.74) is -0.0611. The van der Waals surface area contributed by atoms with Gasteiger partial charge >= 0.3 is 6.18 Å². The lowest BCUT2D eigenvalue weighted by molar-refractivity contribution is -0.137. The molecule has 0 spiro atoms. The van der Waals surface area contributed by atoms with Crippen molar-refractivity contribution in [1.29, 1.82) is 0 Å². The van der Waals surface area contributed by atoms with Crippen LogP contribution in [0.15, 0.2) is 18.7 Å². The Balaban J connectivity index is 2.41. The smallest absolute Gasteiger partial charge is 0.370 e. The van der Waals surface area contributed by atoms with Gasteiger partial charge in [0.05, 0.1) is 11.8 Å². The van der Waals surface area contributed by atoms with Gasteiger partial charge in [-0.2, -0.15) is 18.3 Å². The second-order valence-corrected chi connectivity index (χ2v) is 4.48. The highest BCUT2D eigenvalue weighted by molar-refractivity contribution is 5.51. The lowest BCUT2D eigenvalue weighted by Crippen LogP contribution is -2.11. The molecular weight excluding hydrogens is 283 g/mol. The number of rotatable bonds is 5. The summed E-state index contributed by atoms with van der Waals surface area (Å²) in [4.78, 5) is 8.21. The Hall–Kier alpha value is -2.12. The molecule has 2 aromatic rings. The Morgan fingerprint density at radius 1 is 1.24 bits per heavy atom. The van der Waals surface area contributed by atoms with Crippen molar-refractivity contribution >= 4 is 5.82 Å². The van der Waals surface area contributed by atoms with Gasteiger partial charge in [-0.15, -0.1) is 0 Å². The maximum Gasteiger partial charge on any atom is 0.419 e. The molecule has 21 heavy (non-hydrogen) atoms. The van der Waals surface area contributed by atoms with Crippen LogP contribution >= 0.6 is 0 Å². The standard InChI is InChI=1S/C13H16F3N5/c1-3-5-17-11-10(4-2)12(19-8-18-11)21-7-9(6-20-21)13(14,15)16/h6-8H,3-5H2,1-2H3,(H,17,18,19). The van der Waals surface area contributed by atoms with Crippen LogP contribution in [-0.4, -0.2) is 26.3 Å². The first-order chi connectivity index (χ1) is 9.97. The van der Waals surface area contributed by atoms with E-state index in [0.29, 0.717) is 18.1 Å². The second-order valence-electron chi connectivity index (χ2n) is 4.48. The van der Waals surface area contributed by atoms with Gasteiger partial charge in [-0.1, -0.05) is 13.8 Å². The normalized spacial score (nSPS) is 11.7. The summed E-state index contributed by atoms with van der Waals surface area (Å²) in [7, 11) is 0. The maximum atomic E-state index is 12.6. The molecule has 0 saturated carbocycles. The fraction of sp³-hybridized carbons (Fsp3) is 0.462. The molecule has 8 heteroatoms. The van der Waals surface area contributed by atoms with Gasteiger partial charge < -0.3 is 5.32 Å². The molecule has 0 bridgehead atoms. The highest BCUT2D eigenvalue weighted by Crippen LogP contribution is 2.29. The number of nitrogens with one attached hydrogen (secondary N) is 1. The van der Waals surface area contributed by atoms with Gasteiger partial charge in [0.15, 0.2) is 5.82 Å². The molecule has 0 saturated heterocycles. The summed E-state index contributed by atoms with van der Waals surface area (Å²) in [5, 5.41) is 6.91. The molecule has 0 aliphatic rings. The summed E-state index contributed by atoms with van der Waals surface area (Å²) in [6.07, 6.45) is 0.139. The molecule has 114 valence electrons. The van der Waals surface area contributed by atoms with E-state index in [-0.39, 0.29) is 0 Å². The third-order valence-corrected chi connectivity index (χ3v) is 2.95. The molecule has 0 aliphatic heterocycles. The van der Waals surface area contributed by atoms with Crippen molar-refractivity contribution < 1.29 is 13.2 Å². The van der Waals surface area contributed by atoms with E-state index in [0.717, 1.165) is 35.6 Å². The SMILES string of the molecule is CCCNc1ncnc(-n2cc(C(F)(F)F)cn2)c1CC. The van der Waals surface area contributed by atoms with E-state index < -0.39 is 11.7 Å². The molecule has 2 heterocycles. The van der Waals surface area contributed by atoms with E-state index in [4.69, 9.17) is 0 Å². The minimum absolute atomic E-state index is 0.363. The van der Waals surface area contributed by atoms with Gasteiger partial charge in [0.25, 0.3) is 0 Å². The summed E-state index contributed by atoms with van der Waals surface area (Å²) >= 11 is 0. The zero-order valence-electron chi connectivity index (χ0n) is 11.8. The van der Waals surface area contributed by atoms with Crippen LogP contribution in [0.3, 0.4) is 0 Å². The zero-order chi connectivity index (χ0) is 15.5. The first-order valence-electron chi connectivity index (χ1n) is 6.67. The zero-order valence-corrected chi connectivity index (χ0v) is 11.8. The Morgan fingerprint density at radius 2 is 2.00 bits per heavy atom. The molecule has 0 aromatic carbocycles. The quantitative estimate of drug-likeness (QED) is 0.922. The van der Waals surface area contributed by atoms with Crippen molar-refractivity contribution in [3.05, 3.63) is 29.8 Å². The van der Waals surface area contributed by atoms with Crippen LogP contribution in [0.25, 0.3) is 5.82 Å². The Labute approximate surface area is 120 Å². The Bertz CT molecular complexity index is 606. The first kappa shape index (κ1) is 15.3. The fourth-order valence-electron chi connectivity index (χ4n) is 1.91. The number of aromatic nitrogens is 4. The molecule has 0 aliphatic carbocycles. The molecule has 0 atom stereocenters. The van der Waals surface area contributed by atoms with Crippen LogP contribution in [0.2, 0.25) is 0 Å². The van der Waals surface area contributed by atoms with Gasteiger partial charge in [0.2, 0.25) is 0 Å². The largest absolute Gasteiger partial charge is 0.419 e. The molecule has 2 aromatic heterocycles. The molecule has 5 nitrogen and oxygen atoms in total. The highest BCUT2D eigenvalue weighted by atomic mass is 19.4. The van der Waals surface area contributed by atoms with Crippen molar-refractivity contribution in [1.82, 2.24) is 19.7 Å². The summed E-state index contributed by atoms with van der Waals surface area (Å²) in [6, 6.07) is 0. The molecule has 0 radical (unpaired) electrons. The summed E-state index contributed by atoms with van der Waals surface area (Å²) < 4.78 is 39.1. The van der Waals surface area contributed by atoms with Crippen molar-refractivity contribution in [2.75, 3.05) is 11.9 Å². The third kappa shape index (κ3) is 3.32. The third-order valence-electron chi connectivity index (χ3n) is 2.95. The van der Waals surface area contributed by atoms with Crippen LogP contribution in [-0.2, 0) is 12.6 Å². The minimum atomic E-state index is -4.42. The second kappa shape index (κ2) is 6.11. The highest BCUT2D eigenvalue weighted by Gasteiger charge is 2.32. The predicted octanol–water partition coefficient (Wildman–Crippen LogP) is 3.07. The van der Waals surface area contributed by atoms with Crippen LogP contribution in [0, 0.1) is 0 Å². The predicted molar refractivity (Wildman–Crippen MR) is 72.3 cm³/mol. The van der Waals surface area contributed by atoms with Crippen LogP contribution in [0.4, 0.5) is 19.0 Å². The van der Waals surface area contributed by atoms with Crippen LogP contribution in [0.1, 0.15) is 31.4 Å². The van der Waals surface area contributed by atoms with E-state index in [1.54, 1.807) is 0 Å². The van der Waals surface area contributed by atoms with Crippen molar-refractivity contribution in [2.24, 2.45) is 0 Å². The van der Waals surface area contributed by atoms with E-state index >= 15 is 0 Å². The molecule has 2 rings (SSSR count). The fourth-order valence-corrected chi connectivity index (χ4v) is 1.91. The number of anilines is 1. The summed E-state index contributed by atoms with van der Waals surface area (Å²) in [6.45, 7) is 4.65. The van der Waals surface area contributed by atoms with Gasteiger partial charge in [-0.25, -0.2) is 14.6 Å². The Kier molecular flexibility index (Phi) is 4.44. The number of nitrogens with zero attached hydrogens (tertiary/aromatic N) is 4. The minimum Gasteiger partial charge on any atom is -0.370 e. The van der Waals surface area contributed by atoms with Crippen LogP contribution in [0.5, 0.6) is 0 Å². The Morgan fingerprint density at radius 3 is 2.57 bits per heavy atom. The van der Waals surface area contributed by atoms with Gasteiger partial charge in [0, 0.05) is 18.3 Å². The van der Waals surface area contributed by atoms with Crippen molar-refractivity contribution in [2.45, 2.75) is 32.9 Å². The average Bonchev–Trinajstić information content (AvgIpc) is 2.94. The number of hydrogen-bond donors (Lipinski definition) is 1. The van der Waals surface area contributed by atoms with Crippen molar-refractivity contribution in [3.63, 3.8) is 0 Å². The van der Waals surface area contributed by atoms with Crippen molar-refractivity contribution in [3.8, 4) is 5.82 Å². The van der Waals surface area contributed by atoms with Gasteiger partial charge in [-0.05, 0) is 12.8 Å². The average molecular weight is 299 g/mol. The van der Waals surface area contributed by atoms with E-state index in [1.165, 1.54) is 6.33 Å².